The summed E-state index contributed by atoms with van der Waals surface area (Å²) in [7, 11) is 0. The summed E-state index contributed by atoms with van der Waals surface area (Å²) >= 11 is 12.7. The SMILES string of the molecule is Cc1nnsc1C(=O)n1[nH]c(COc2cc(Cl)cc(Cl)c2)cc1=O. The van der Waals surface area contributed by atoms with Crippen LogP contribution in [0.1, 0.15) is 21.1 Å². The Balaban J connectivity index is 1.78. The first kappa shape index (κ1) is 16.7. The normalized spacial score (nSPS) is 10.8. The van der Waals surface area contributed by atoms with E-state index in [1.807, 2.05) is 0 Å². The van der Waals surface area contributed by atoms with Gasteiger partial charge in [-0.3, -0.25) is 14.7 Å². The van der Waals surface area contributed by atoms with E-state index in [2.05, 4.69) is 14.7 Å². The molecule has 0 radical (unpaired) electrons. The molecular formula is C14H10Cl2N4O3S. The van der Waals surface area contributed by atoms with Crippen LogP contribution in [-0.4, -0.2) is 25.3 Å². The number of aryl methyl sites for hydroxylation is 1. The van der Waals surface area contributed by atoms with Crippen LogP contribution in [0.3, 0.4) is 0 Å². The van der Waals surface area contributed by atoms with Crippen LogP contribution in [0.25, 0.3) is 0 Å². The van der Waals surface area contributed by atoms with Gasteiger partial charge in [0.2, 0.25) is 0 Å². The highest BCUT2D eigenvalue weighted by atomic mass is 35.5. The average molecular weight is 385 g/mol. The first-order valence-electron chi connectivity index (χ1n) is 6.67. The van der Waals surface area contributed by atoms with Crippen molar-refractivity contribution in [2.45, 2.75) is 13.5 Å². The van der Waals surface area contributed by atoms with Gasteiger partial charge in [0.15, 0.2) is 0 Å². The number of nitrogens with one attached hydrogen (secondary N) is 1. The Labute approximate surface area is 149 Å². The molecule has 0 unspecified atom stereocenters. The highest BCUT2D eigenvalue weighted by Crippen LogP contribution is 2.24. The van der Waals surface area contributed by atoms with E-state index in [1.165, 1.54) is 6.07 Å². The van der Waals surface area contributed by atoms with Gasteiger partial charge in [-0.1, -0.05) is 27.7 Å². The van der Waals surface area contributed by atoms with Gasteiger partial charge in [-0.05, 0) is 36.7 Å². The van der Waals surface area contributed by atoms with Crippen LogP contribution in [-0.2, 0) is 6.61 Å². The van der Waals surface area contributed by atoms with Crippen LogP contribution in [0.5, 0.6) is 5.75 Å². The molecule has 3 rings (SSSR count). The number of hydrogen-bond acceptors (Lipinski definition) is 6. The van der Waals surface area contributed by atoms with Crippen LogP contribution in [0.2, 0.25) is 10.0 Å². The van der Waals surface area contributed by atoms with Gasteiger partial charge in [0.05, 0.1) is 11.4 Å². The Morgan fingerprint density at radius 2 is 2.00 bits per heavy atom. The molecule has 1 aromatic carbocycles. The zero-order valence-electron chi connectivity index (χ0n) is 12.2. The van der Waals surface area contributed by atoms with Gasteiger partial charge >= 0.3 is 0 Å². The van der Waals surface area contributed by atoms with Crippen LogP contribution in [0, 0.1) is 6.92 Å². The summed E-state index contributed by atoms with van der Waals surface area (Å²) in [5.74, 6) is -0.0560. The second-order valence-corrected chi connectivity index (χ2v) is 6.47. The van der Waals surface area contributed by atoms with E-state index in [9.17, 15) is 9.59 Å². The molecule has 0 aliphatic heterocycles. The van der Waals surface area contributed by atoms with Crippen molar-refractivity contribution < 1.29 is 9.53 Å². The zero-order valence-corrected chi connectivity index (χ0v) is 14.6. The summed E-state index contributed by atoms with van der Waals surface area (Å²) < 4.78 is 10.1. The van der Waals surface area contributed by atoms with E-state index in [4.69, 9.17) is 27.9 Å². The molecular weight excluding hydrogens is 375 g/mol. The molecule has 0 saturated carbocycles. The minimum Gasteiger partial charge on any atom is -0.487 e. The lowest BCUT2D eigenvalue weighted by molar-refractivity contribution is 0.0943. The molecule has 124 valence electrons. The molecule has 0 aliphatic carbocycles. The molecule has 2 aromatic heterocycles. The molecule has 0 fully saturated rings. The maximum absolute atomic E-state index is 12.3. The molecule has 0 aliphatic rings. The molecule has 3 aromatic rings. The van der Waals surface area contributed by atoms with Crippen molar-refractivity contribution in [2.24, 2.45) is 0 Å². The van der Waals surface area contributed by atoms with Crippen molar-refractivity contribution in [1.29, 1.82) is 0 Å². The van der Waals surface area contributed by atoms with Gasteiger partial charge in [0, 0.05) is 16.1 Å². The smallest absolute Gasteiger partial charge is 0.293 e. The minimum atomic E-state index is -0.510. The maximum Gasteiger partial charge on any atom is 0.293 e. The highest BCUT2D eigenvalue weighted by molar-refractivity contribution is 7.08. The van der Waals surface area contributed by atoms with Gasteiger partial charge in [-0.25, -0.2) is 0 Å². The number of hydrogen-bond donors (Lipinski definition) is 1. The summed E-state index contributed by atoms with van der Waals surface area (Å²) in [6.45, 7) is 1.70. The summed E-state index contributed by atoms with van der Waals surface area (Å²) in [5, 5.41) is 7.35. The number of nitrogens with zero attached hydrogens (tertiary/aromatic N) is 3. The van der Waals surface area contributed by atoms with E-state index in [0.29, 0.717) is 32.1 Å². The third kappa shape index (κ3) is 3.50. The van der Waals surface area contributed by atoms with Crippen molar-refractivity contribution >= 4 is 40.6 Å². The molecule has 0 bridgehead atoms. The molecule has 7 nitrogen and oxygen atoms in total. The fourth-order valence-corrected chi connectivity index (χ4v) is 3.06. The number of carbonyl (C=O) groups is 1. The number of aromatic amines is 1. The Morgan fingerprint density at radius 3 is 2.62 bits per heavy atom. The first-order chi connectivity index (χ1) is 11.4. The molecule has 0 saturated heterocycles. The van der Waals surface area contributed by atoms with Crippen molar-refractivity contribution in [3.63, 3.8) is 0 Å². The number of rotatable bonds is 4. The number of aromatic nitrogens is 4. The topological polar surface area (TPSA) is 89.9 Å². The van der Waals surface area contributed by atoms with E-state index in [-0.39, 0.29) is 6.61 Å². The molecule has 1 N–H and O–H groups in total. The minimum absolute atomic E-state index is 0.0477. The van der Waals surface area contributed by atoms with Gasteiger partial charge in [-0.15, -0.1) is 5.10 Å². The lowest BCUT2D eigenvalue weighted by atomic mass is 10.3. The van der Waals surface area contributed by atoms with Crippen LogP contribution < -0.4 is 10.3 Å². The standard InChI is InChI=1S/C14H10Cl2N4O3S/c1-7-13(24-19-17-7)14(22)20-12(21)5-10(18-20)6-23-11-3-8(15)2-9(16)4-11/h2-5,18H,6H2,1H3. The van der Waals surface area contributed by atoms with Crippen LogP contribution >= 0.6 is 34.7 Å². The Morgan fingerprint density at radius 1 is 1.29 bits per heavy atom. The predicted octanol–water partition coefficient (Wildman–Crippen LogP) is 2.91. The van der Waals surface area contributed by atoms with Crippen molar-refractivity contribution in [3.05, 3.63) is 60.9 Å². The Kier molecular flexibility index (Phi) is 4.70. The third-order valence-corrected chi connectivity index (χ3v) is 4.31. The first-order valence-corrected chi connectivity index (χ1v) is 8.20. The van der Waals surface area contributed by atoms with Crippen LogP contribution in [0.15, 0.2) is 29.1 Å². The van der Waals surface area contributed by atoms with E-state index in [0.717, 1.165) is 16.2 Å². The number of benzene rings is 1. The molecule has 0 amide bonds. The Hall–Kier alpha value is -2.16. The maximum atomic E-state index is 12.3. The summed E-state index contributed by atoms with van der Waals surface area (Å²) in [5.41, 5.74) is 0.410. The lowest BCUT2D eigenvalue weighted by Gasteiger charge is -2.06. The fraction of sp³-hybridized carbons (Fsp3) is 0.143. The molecule has 10 heteroatoms. The number of H-pyrrole nitrogens is 1. The molecule has 0 spiro atoms. The van der Waals surface area contributed by atoms with E-state index < -0.39 is 11.5 Å². The Bertz CT molecular complexity index is 943. The summed E-state index contributed by atoms with van der Waals surface area (Å²) in [6.07, 6.45) is 0. The third-order valence-electron chi connectivity index (χ3n) is 3.05. The zero-order chi connectivity index (χ0) is 17.3. The quantitative estimate of drug-likeness (QED) is 0.746. The summed E-state index contributed by atoms with van der Waals surface area (Å²) in [6, 6.07) is 6.06. The molecule has 24 heavy (non-hydrogen) atoms. The number of carbonyl (C=O) groups excluding carboxylic acids is 1. The van der Waals surface area contributed by atoms with E-state index in [1.54, 1.807) is 25.1 Å². The van der Waals surface area contributed by atoms with Gasteiger partial charge < -0.3 is 4.74 Å². The van der Waals surface area contributed by atoms with Crippen molar-refractivity contribution in [1.82, 2.24) is 19.4 Å². The monoisotopic (exact) mass is 384 g/mol. The second kappa shape index (κ2) is 6.76. The van der Waals surface area contributed by atoms with Crippen molar-refractivity contribution in [3.8, 4) is 5.75 Å². The van der Waals surface area contributed by atoms with Crippen molar-refractivity contribution in [2.75, 3.05) is 0 Å². The highest BCUT2D eigenvalue weighted by Gasteiger charge is 2.18. The van der Waals surface area contributed by atoms with Crippen LogP contribution in [0.4, 0.5) is 0 Å². The molecule has 0 atom stereocenters. The lowest BCUT2D eigenvalue weighted by Crippen LogP contribution is -2.24. The average Bonchev–Trinajstić information content (AvgIpc) is 3.09. The largest absolute Gasteiger partial charge is 0.487 e. The number of halogens is 2. The van der Waals surface area contributed by atoms with Gasteiger partial charge in [0.25, 0.3) is 11.5 Å². The predicted molar refractivity (Wildman–Crippen MR) is 90.2 cm³/mol. The van der Waals surface area contributed by atoms with E-state index >= 15 is 0 Å². The number of ether oxygens (including phenoxy) is 1. The van der Waals surface area contributed by atoms with Gasteiger partial charge in [0.1, 0.15) is 17.2 Å². The molecule has 2 heterocycles. The second-order valence-electron chi connectivity index (χ2n) is 4.84. The fourth-order valence-electron chi connectivity index (χ4n) is 1.97. The summed E-state index contributed by atoms with van der Waals surface area (Å²) in [4.78, 5) is 24.6. The van der Waals surface area contributed by atoms with Gasteiger partial charge in [-0.2, -0.15) is 4.68 Å².